The molecule has 364 valence electrons. The van der Waals surface area contributed by atoms with Gasteiger partial charge in [-0.3, -0.25) is 38.9 Å². The van der Waals surface area contributed by atoms with Gasteiger partial charge in [0.15, 0.2) is 12.1 Å². The van der Waals surface area contributed by atoms with Gasteiger partial charge in [0.25, 0.3) is 12.4 Å². The number of carbonyl (C=O) groups is 5. The highest BCUT2D eigenvalue weighted by Crippen LogP contribution is 2.42. The number of benzene rings is 2. The van der Waals surface area contributed by atoms with Crippen LogP contribution in [0.25, 0.3) is 33.3 Å². The highest BCUT2D eigenvalue weighted by atomic mass is 16.5. The van der Waals surface area contributed by atoms with E-state index in [0.717, 1.165) is 82.1 Å². The summed E-state index contributed by atoms with van der Waals surface area (Å²) in [6.45, 7) is 18.6. The van der Waals surface area contributed by atoms with Crippen molar-refractivity contribution in [2.75, 3.05) is 46.2 Å². The molecule has 68 heavy (non-hydrogen) atoms. The number of nitrogens with one attached hydrogen (secondary N) is 3. The van der Waals surface area contributed by atoms with Crippen molar-refractivity contribution in [1.29, 1.82) is 0 Å². The molecule has 3 amide bonds. The molecule has 0 spiro atoms. The van der Waals surface area contributed by atoms with Crippen molar-refractivity contribution in [3.05, 3.63) is 102 Å². The number of imidazole rings is 1. The summed E-state index contributed by atoms with van der Waals surface area (Å²) in [7, 11) is 7.12. The lowest BCUT2D eigenvalue weighted by Gasteiger charge is -2.33. The minimum absolute atomic E-state index is 0.0707. The van der Waals surface area contributed by atoms with Crippen molar-refractivity contribution in [1.82, 2.24) is 39.8 Å². The number of aromatic nitrogens is 4. The first-order valence-electron chi connectivity index (χ1n) is 23.2. The molecule has 0 saturated carbocycles. The van der Waals surface area contributed by atoms with Crippen molar-refractivity contribution >= 4 is 47.2 Å². The third kappa shape index (κ3) is 12.7. The van der Waals surface area contributed by atoms with Gasteiger partial charge in [0.05, 0.1) is 36.3 Å². The number of amides is 3. The van der Waals surface area contributed by atoms with Gasteiger partial charge in [-0.25, -0.2) is 10.4 Å². The number of methoxy groups -OCH3 is 1. The van der Waals surface area contributed by atoms with Gasteiger partial charge in [-0.2, -0.15) is 0 Å². The molecule has 3 atom stereocenters. The van der Waals surface area contributed by atoms with Crippen molar-refractivity contribution in [3.63, 3.8) is 0 Å². The summed E-state index contributed by atoms with van der Waals surface area (Å²) in [5.41, 5.74) is 11.1. The third-order valence-corrected chi connectivity index (χ3v) is 12.2. The summed E-state index contributed by atoms with van der Waals surface area (Å²) >= 11 is 0. The Hall–Kier alpha value is -6.49. The Labute approximate surface area is 400 Å². The maximum Gasteiger partial charge on any atom is 0.293 e. The monoisotopic (exact) mass is 932 g/mol. The average Bonchev–Trinajstić information content (AvgIpc) is 3.84. The lowest BCUT2D eigenvalue weighted by Crippen LogP contribution is -2.58. The number of aldehydes is 1. The summed E-state index contributed by atoms with van der Waals surface area (Å²) < 4.78 is 14.9. The molecule has 16 nitrogen and oxygen atoms in total. The zero-order valence-electron chi connectivity index (χ0n) is 41.3. The zero-order chi connectivity index (χ0) is 49.7. The Kier molecular flexibility index (Phi) is 18.5. The predicted molar refractivity (Wildman–Crippen MR) is 266 cm³/mol. The molecule has 0 aliphatic carbocycles. The summed E-state index contributed by atoms with van der Waals surface area (Å²) in [6.07, 6.45) is 7.68. The zero-order valence-corrected chi connectivity index (χ0v) is 41.3. The number of fused-ring (bicyclic) bond motifs is 1. The van der Waals surface area contributed by atoms with Crippen molar-refractivity contribution in [3.8, 4) is 22.4 Å². The van der Waals surface area contributed by atoms with Crippen LogP contribution < -0.4 is 16.1 Å². The van der Waals surface area contributed by atoms with Crippen LogP contribution in [0.2, 0.25) is 0 Å². The Morgan fingerprint density at radius 1 is 1.01 bits per heavy atom. The van der Waals surface area contributed by atoms with E-state index < -0.39 is 6.04 Å². The maximum atomic E-state index is 14.0. The predicted octanol–water partition coefficient (Wildman–Crippen LogP) is 6.94. The molecule has 2 aromatic carbocycles. The van der Waals surface area contributed by atoms with Crippen LogP contribution in [0, 0.1) is 11.3 Å². The molecule has 1 aliphatic rings. The molecule has 6 rings (SSSR count). The number of rotatable bonds is 20. The fourth-order valence-corrected chi connectivity index (χ4v) is 8.86. The van der Waals surface area contributed by atoms with Crippen molar-refractivity contribution in [2.24, 2.45) is 18.4 Å². The molecule has 1 fully saturated rings. The number of aryl methyl sites for hydroxylation is 1. The van der Waals surface area contributed by atoms with Gasteiger partial charge in [-0.1, -0.05) is 64.6 Å². The van der Waals surface area contributed by atoms with Crippen LogP contribution >= 0.6 is 0 Å². The Balaban J connectivity index is 0.000000573. The topological polar surface area (TPSA) is 182 Å². The normalized spacial score (nSPS) is 14.1. The largest absolute Gasteiger partial charge is 0.467 e. The van der Waals surface area contributed by atoms with E-state index >= 15 is 0 Å². The number of hydrogen-bond donors (Lipinski definition) is 3. The smallest absolute Gasteiger partial charge is 0.293 e. The number of pyridine rings is 1. The number of likely N-dealkylation sites (N-methyl/N-ethyl adjacent to an activating group) is 1. The molecule has 3 N–H and O–H groups in total. The fraction of sp³-hybridized carbons (Fsp3) is 0.442. The van der Waals surface area contributed by atoms with Gasteiger partial charge in [0.1, 0.15) is 11.9 Å². The minimum Gasteiger partial charge on any atom is -0.467 e. The third-order valence-electron chi connectivity index (χ3n) is 12.2. The lowest BCUT2D eigenvalue weighted by molar-refractivity contribution is -0.141. The first-order valence-corrected chi connectivity index (χ1v) is 23.2. The number of carbonyl (C=O) groups excluding carboxylic acids is 5. The first-order chi connectivity index (χ1) is 32.5. The molecule has 1 saturated heterocycles. The van der Waals surface area contributed by atoms with Gasteiger partial charge in [-0.05, 0) is 106 Å². The van der Waals surface area contributed by atoms with Crippen molar-refractivity contribution in [2.45, 2.75) is 92.0 Å². The summed E-state index contributed by atoms with van der Waals surface area (Å²) in [4.78, 5) is 70.6. The van der Waals surface area contributed by atoms with Gasteiger partial charge in [0, 0.05) is 68.3 Å². The Morgan fingerprint density at radius 2 is 1.76 bits per heavy atom. The van der Waals surface area contributed by atoms with Crippen LogP contribution in [0.1, 0.15) is 87.9 Å². The molecule has 0 bridgehead atoms. The lowest BCUT2D eigenvalue weighted by atomic mass is 9.84. The summed E-state index contributed by atoms with van der Waals surface area (Å²) in [6, 6.07) is 17.8. The van der Waals surface area contributed by atoms with Gasteiger partial charge < -0.3 is 29.2 Å². The quantitative estimate of drug-likeness (QED) is 0.0544. The van der Waals surface area contributed by atoms with Gasteiger partial charge >= 0.3 is 0 Å². The van der Waals surface area contributed by atoms with Crippen LogP contribution in [0.3, 0.4) is 0 Å². The van der Waals surface area contributed by atoms with Crippen LogP contribution in [-0.4, -0.2) is 112 Å². The molecule has 4 heterocycles. The molecular weight excluding hydrogens is 863 g/mol. The molecule has 16 heteroatoms. The molecule has 1 aliphatic heterocycles. The van der Waals surface area contributed by atoms with E-state index in [0.29, 0.717) is 38.0 Å². The number of hydrazine groups is 1. The number of hydrogen-bond acceptors (Lipinski definition) is 11. The van der Waals surface area contributed by atoms with Crippen molar-refractivity contribution < 1.29 is 33.4 Å². The Bertz CT molecular complexity index is 2550. The Morgan fingerprint density at radius 3 is 2.38 bits per heavy atom. The second kappa shape index (κ2) is 24.0. The second-order valence-corrected chi connectivity index (χ2v) is 18.5. The minimum atomic E-state index is -0.733. The molecule has 3 unspecified atom stereocenters. The summed E-state index contributed by atoms with van der Waals surface area (Å²) in [5, 5.41) is 8.42. The number of nitrogens with zero attached hydrogens (tertiary/aromatic N) is 6. The SMILES string of the molecule is C=CC(=O)Nc1cnc(C=O)n1C.CCn1c(-c2cccnc2C(C)OC)c(CC(C)(C)COC=O)c2cc(-c3cccc(CC(NC(=O)C(C(C)C)N(C)C)C(=O)N4CCCCN4)c3)ccc21. The van der Waals surface area contributed by atoms with E-state index in [2.05, 4.69) is 89.4 Å². The van der Waals surface area contributed by atoms with Gasteiger partial charge in [-0.15, -0.1) is 0 Å². The van der Waals surface area contributed by atoms with E-state index in [-0.39, 0.29) is 53.6 Å². The first kappa shape index (κ1) is 52.5. The van der Waals surface area contributed by atoms with E-state index in [1.165, 1.54) is 10.8 Å². The van der Waals surface area contributed by atoms with E-state index in [1.807, 2.05) is 58.0 Å². The standard InChI is InChI=1S/C44H60N6O5.C8H9N3O2/c1-10-49-38-19-18-33(25-35(38)36(26-44(5,6)27-55-28-51)41(49)34-17-14-20-45-39(34)30(4)54-9)32-16-13-15-31(23-32)24-37(43(53)50-22-12-11-21-46-50)47-42(52)40(29(2)3)48(7)8;1-3-8(13)10-6-4-9-7(5-12)11(6)2/h13-20,23,25,28-30,37,40,46H,10-12,21-22,24,26-27H2,1-9H3,(H,47,52);3-5H,1H2,2H3,(H,10,13). The molecule has 5 aromatic rings. The fourth-order valence-electron chi connectivity index (χ4n) is 8.86. The summed E-state index contributed by atoms with van der Waals surface area (Å²) in [5.74, 6) is 0.185. The van der Waals surface area contributed by atoms with E-state index in [9.17, 15) is 24.0 Å². The van der Waals surface area contributed by atoms with E-state index in [1.54, 1.807) is 25.4 Å². The maximum absolute atomic E-state index is 14.0. The average molecular weight is 932 g/mol. The van der Waals surface area contributed by atoms with Crippen LogP contribution in [0.5, 0.6) is 0 Å². The number of anilines is 1. The molecule has 3 aromatic heterocycles. The van der Waals surface area contributed by atoms with Crippen LogP contribution in [-0.2, 0) is 55.1 Å². The van der Waals surface area contributed by atoms with Crippen LogP contribution in [0.4, 0.5) is 5.82 Å². The highest BCUT2D eigenvalue weighted by Gasteiger charge is 2.33. The second-order valence-electron chi connectivity index (χ2n) is 18.5. The van der Waals surface area contributed by atoms with Crippen LogP contribution in [0.15, 0.2) is 79.6 Å². The molecular formula is C52H69N9O7. The van der Waals surface area contributed by atoms with Gasteiger partial charge in [0.2, 0.25) is 11.8 Å². The number of ether oxygens (including phenoxy) is 2. The van der Waals surface area contributed by atoms with E-state index in [4.69, 9.17) is 14.5 Å². The highest BCUT2D eigenvalue weighted by molar-refractivity contribution is 5.98. The molecule has 0 radical (unpaired) electrons.